The van der Waals surface area contributed by atoms with Gasteiger partial charge in [0, 0.05) is 10.4 Å². The highest BCUT2D eigenvalue weighted by Gasteiger charge is 2.27. The number of ether oxygens (including phenoxy) is 2. The molecule has 29 heavy (non-hydrogen) atoms. The van der Waals surface area contributed by atoms with Crippen molar-refractivity contribution in [2.75, 3.05) is 19.5 Å². The van der Waals surface area contributed by atoms with Crippen molar-refractivity contribution in [3.05, 3.63) is 56.4 Å². The van der Waals surface area contributed by atoms with E-state index >= 15 is 0 Å². The van der Waals surface area contributed by atoms with Crippen LogP contribution in [0.3, 0.4) is 0 Å². The minimum absolute atomic E-state index is 0.0403. The summed E-state index contributed by atoms with van der Waals surface area (Å²) >= 11 is 6.85. The van der Waals surface area contributed by atoms with Crippen LogP contribution in [0.4, 0.5) is 5.00 Å². The molecule has 2 aromatic heterocycles. The first-order chi connectivity index (χ1) is 13.8. The topological polar surface area (TPSA) is 119 Å². The van der Waals surface area contributed by atoms with Gasteiger partial charge in [-0.05, 0) is 36.8 Å². The van der Waals surface area contributed by atoms with Gasteiger partial charge in [0.1, 0.15) is 21.0 Å². The maximum atomic E-state index is 12.8. The predicted molar refractivity (Wildman–Crippen MR) is 107 cm³/mol. The lowest BCUT2D eigenvalue weighted by molar-refractivity contribution is 0.0601. The summed E-state index contributed by atoms with van der Waals surface area (Å²) in [6, 6.07) is 6.26. The van der Waals surface area contributed by atoms with Crippen molar-refractivity contribution in [2.45, 2.75) is 6.92 Å². The molecular formula is C19H15ClN2O6S. The van der Waals surface area contributed by atoms with E-state index in [1.165, 1.54) is 20.3 Å². The summed E-state index contributed by atoms with van der Waals surface area (Å²) in [6.45, 7) is 1.55. The lowest BCUT2D eigenvalue weighted by atomic mass is 10.1. The molecule has 0 bridgehead atoms. The molecule has 0 spiro atoms. The molecule has 0 fully saturated rings. The zero-order valence-corrected chi connectivity index (χ0v) is 17.1. The first-order valence-electron chi connectivity index (χ1n) is 8.16. The van der Waals surface area contributed by atoms with E-state index < -0.39 is 17.8 Å². The molecule has 3 aromatic rings. The predicted octanol–water partition coefficient (Wildman–Crippen LogP) is 3.76. The van der Waals surface area contributed by atoms with Crippen molar-refractivity contribution >= 4 is 56.8 Å². The molecule has 0 aliphatic rings. The molecule has 1 amide bonds. The summed E-state index contributed by atoms with van der Waals surface area (Å²) < 4.78 is 14.9. The molecular weight excluding hydrogens is 420 g/mol. The highest BCUT2D eigenvalue weighted by Crippen LogP contribution is 2.34. The maximum Gasteiger partial charge on any atom is 0.348 e. The van der Waals surface area contributed by atoms with Crippen LogP contribution in [0, 0.1) is 12.3 Å². The Morgan fingerprint density at radius 2 is 1.83 bits per heavy atom. The number of fused-ring (bicyclic) bond motifs is 1. The molecule has 2 heterocycles. The third-order valence-electron chi connectivity index (χ3n) is 4.11. The summed E-state index contributed by atoms with van der Waals surface area (Å²) in [5.41, 5.74) is 0.328. The number of rotatable bonds is 4. The maximum absolute atomic E-state index is 12.8. The summed E-state index contributed by atoms with van der Waals surface area (Å²) in [5, 5.41) is 11.6. The van der Waals surface area contributed by atoms with Crippen molar-refractivity contribution in [1.82, 2.24) is 0 Å². The van der Waals surface area contributed by atoms with Crippen LogP contribution >= 0.6 is 22.9 Å². The number of nitrogens with one attached hydrogen (secondary N) is 2. The number of halogens is 1. The van der Waals surface area contributed by atoms with Gasteiger partial charge in [0.2, 0.25) is 5.55 Å². The summed E-state index contributed by atoms with van der Waals surface area (Å²) in [5.74, 6) is -2.05. The van der Waals surface area contributed by atoms with Gasteiger partial charge in [-0.1, -0.05) is 11.6 Å². The van der Waals surface area contributed by atoms with Gasteiger partial charge in [-0.3, -0.25) is 10.2 Å². The Balaban J connectivity index is 2.06. The van der Waals surface area contributed by atoms with Gasteiger partial charge in [0.25, 0.3) is 5.91 Å². The number of hydrogen-bond acceptors (Lipinski definition) is 8. The van der Waals surface area contributed by atoms with E-state index in [0.717, 1.165) is 11.3 Å². The summed E-state index contributed by atoms with van der Waals surface area (Å²) in [4.78, 5) is 37.1. The Bertz CT molecular complexity index is 1210. The van der Waals surface area contributed by atoms with Gasteiger partial charge in [-0.15, -0.1) is 11.3 Å². The Hall–Kier alpha value is -3.17. The molecule has 8 nitrogen and oxygen atoms in total. The number of thiophene rings is 1. The molecule has 0 atom stereocenters. The number of anilines is 1. The van der Waals surface area contributed by atoms with Gasteiger partial charge in [-0.25, -0.2) is 9.59 Å². The molecule has 0 saturated heterocycles. The monoisotopic (exact) mass is 434 g/mol. The van der Waals surface area contributed by atoms with E-state index in [0.29, 0.717) is 21.6 Å². The van der Waals surface area contributed by atoms with Crippen LogP contribution in [0.1, 0.15) is 36.0 Å². The molecule has 3 rings (SSSR count). The SMILES string of the molecule is COC(=O)c1sc(NC(=O)c2cc3cc(Cl)ccc3oc2=N)c(C(=O)OC)c1C. The van der Waals surface area contributed by atoms with Gasteiger partial charge in [0.05, 0.1) is 19.8 Å². The van der Waals surface area contributed by atoms with Crippen LogP contribution < -0.4 is 10.9 Å². The Kier molecular flexibility index (Phi) is 5.71. The number of esters is 2. The normalized spacial score (nSPS) is 10.6. The van der Waals surface area contributed by atoms with E-state index in [-0.39, 0.29) is 26.6 Å². The molecule has 150 valence electrons. The van der Waals surface area contributed by atoms with Crippen LogP contribution in [-0.4, -0.2) is 32.1 Å². The minimum Gasteiger partial charge on any atom is -0.465 e. The lowest BCUT2D eigenvalue weighted by Crippen LogP contribution is -2.21. The van der Waals surface area contributed by atoms with Crippen LogP contribution in [0.25, 0.3) is 11.0 Å². The van der Waals surface area contributed by atoms with Crippen molar-refractivity contribution in [2.24, 2.45) is 0 Å². The number of benzene rings is 1. The van der Waals surface area contributed by atoms with E-state index in [1.54, 1.807) is 25.1 Å². The minimum atomic E-state index is -0.717. The number of amides is 1. The number of hydrogen-bond donors (Lipinski definition) is 2. The summed E-state index contributed by atoms with van der Waals surface area (Å²) in [6.07, 6.45) is 0. The highest BCUT2D eigenvalue weighted by molar-refractivity contribution is 7.18. The van der Waals surface area contributed by atoms with Crippen molar-refractivity contribution in [3.8, 4) is 0 Å². The van der Waals surface area contributed by atoms with Crippen LogP contribution in [0.15, 0.2) is 28.7 Å². The van der Waals surface area contributed by atoms with E-state index in [2.05, 4.69) is 5.32 Å². The smallest absolute Gasteiger partial charge is 0.348 e. The number of methoxy groups -OCH3 is 2. The zero-order chi connectivity index (χ0) is 21.3. The van der Waals surface area contributed by atoms with Crippen molar-refractivity contribution < 1.29 is 28.3 Å². The second-order valence-electron chi connectivity index (χ2n) is 5.87. The fourth-order valence-electron chi connectivity index (χ4n) is 2.69. The zero-order valence-electron chi connectivity index (χ0n) is 15.5. The third-order valence-corrected chi connectivity index (χ3v) is 5.53. The quantitative estimate of drug-likeness (QED) is 0.603. The average Bonchev–Trinajstić information content (AvgIpc) is 3.02. The van der Waals surface area contributed by atoms with E-state index in [9.17, 15) is 14.4 Å². The van der Waals surface area contributed by atoms with E-state index in [1.807, 2.05) is 0 Å². The number of carbonyl (C=O) groups excluding carboxylic acids is 3. The Labute approximate surface area is 173 Å². The number of carbonyl (C=O) groups is 3. The lowest BCUT2D eigenvalue weighted by Gasteiger charge is -2.07. The average molecular weight is 435 g/mol. The van der Waals surface area contributed by atoms with E-state index in [4.69, 9.17) is 30.9 Å². The highest BCUT2D eigenvalue weighted by atomic mass is 35.5. The van der Waals surface area contributed by atoms with Crippen molar-refractivity contribution in [3.63, 3.8) is 0 Å². The molecule has 0 aliphatic carbocycles. The molecule has 0 saturated carbocycles. The molecule has 0 aliphatic heterocycles. The first-order valence-corrected chi connectivity index (χ1v) is 9.35. The molecule has 2 N–H and O–H groups in total. The standard InChI is InChI=1S/C19H15ClN2O6S/c1-8-13(18(24)26-2)17(29-14(8)19(25)27-3)22-16(23)11-7-9-6-10(20)4-5-12(9)28-15(11)21/h4-7,21H,1-3H3,(H,22,23). The van der Waals surface area contributed by atoms with Gasteiger partial charge in [-0.2, -0.15) is 0 Å². The second-order valence-corrected chi connectivity index (χ2v) is 7.33. The van der Waals surface area contributed by atoms with Gasteiger partial charge in [0.15, 0.2) is 0 Å². The summed E-state index contributed by atoms with van der Waals surface area (Å²) in [7, 11) is 2.41. The molecule has 10 heteroatoms. The Morgan fingerprint density at radius 3 is 2.48 bits per heavy atom. The van der Waals surface area contributed by atoms with Crippen molar-refractivity contribution in [1.29, 1.82) is 5.41 Å². The second kappa shape index (κ2) is 8.06. The largest absolute Gasteiger partial charge is 0.465 e. The van der Waals surface area contributed by atoms with Crippen LogP contribution in [0.2, 0.25) is 5.02 Å². The Morgan fingerprint density at radius 1 is 1.14 bits per heavy atom. The molecule has 0 unspecified atom stereocenters. The van der Waals surface area contributed by atoms with Crippen LogP contribution in [-0.2, 0) is 9.47 Å². The third kappa shape index (κ3) is 3.87. The molecule has 0 radical (unpaired) electrons. The molecule has 1 aromatic carbocycles. The fourth-order valence-corrected chi connectivity index (χ4v) is 3.98. The van der Waals surface area contributed by atoms with Crippen LogP contribution in [0.5, 0.6) is 0 Å². The van der Waals surface area contributed by atoms with Gasteiger partial charge < -0.3 is 19.2 Å². The van der Waals surface area contributed by atoms with Gasteiger partial charge >= 0.3 is 11.9 Å². The first kappa shape index (κ1) is 20.6. The fraction of sp³-hybridized carbons (Fsp3) is 0.158.